The van der Waals surface area contributed by atoms with Crippen LogP contribution in [0.15, 0.2) is 134 Å². The minimum Gasteiger partial charge on any atom is -0.254 e. The van der Waals surface area contributed by atoms with E-state index in [1.807, 2.05) is 43.0 Å². The Kier molecular flexibility index (Phi) is 5.10. The van der Waals surface area contributed by atoms with Gasteiger partial charge in [-0.15, -0.1) is 0 Å². The molecule has 4 aromatic heterocycles. The lowest BCUT2D eigenvalue weighted by Gasteiger charge is -2.11. The lowest BCUT2D eigenvalue weighted by molar-refractivity contribution is 1.37. The first kappa shape index (κ1) is 22.5. The third-order valence-corrected chi connectivity index (χ3v) is 7.63. The van der Waals surface area contributed by atoms with E-state index in [4.69, 9.17) is 4.98 Å². The second kappa shape index (κ2) is 9.07. The molecule has 0 N–H and O–H groups in total. The molecule has 0 saturated carbocycles. The van der Waals surface area contributed by atoms with Crippen LogP contribution < -0.4 is 0 Å². The molecule has 186 valence electrons. The highest BCUT2D eigenvalue weighted by molar-refractivity contribution is 6.10. The van der Waals surface area contributed by atoms with Crippen molar-refractivity contribution in [3.05, 3.63) is 134 Å². The number of rotatable bonds is 3. The molecule has 0 fully saturated rings. The minimum absolute atomic E-state index is 0.933. The smallest absolute Gasteiger partial charge is 0.0970 e. The van der Waals surface area contributed by atoms with Gasteiger partial charge in [0.05, 0.1) is 22.1 Å². The van der Waals surface area contributed by atoms with Crippen molar-refractivity contribution in [2.24, 2.45) is 0 Å². The van der Waals surface area contributed by atoms with E-state index in [1.54, 1.807) is 0 Å². The molecule has 4 heteroatoms. The van der Waals surface area contributed by atoms with Crippen LogP contribution in [0.5, 0.6) is 0 Å². The van der Waals surface area contributed by atoms with Crippen LogP contribution in [0.1, 0.15) is 0 Å². The molecule has 0 saturated heterocycles. The van der Waals surface area contributed by atoms with E-state index in [2.05, 4.69) is 106 Å². The first-order valence-corrected chi connectivity index (χ1v) is 13.3. The minimum atomic E-state index is 0.933. The molecule has 8 rings (SSSR count). The van der Waals surface area contributed by atoms with Gasteiger partial charge in [-0.2, -0.15) is 0 Å². The van der Waals surface area contributed by atoms with E-state index >= 15 is 0 Å². The molecule has 0 radical (unpaired) electrons. The van der Waals surface area contributed by atoms with Crippen molar-refractivity contribution in [1.82, 2.24) is 19.9 Å². The summed E-state index contributed by atoms with van der Waals surface area (Å²) in [5.74, 6) is 0. The fraction of sp³-hybridized carbons (Fsp3) is 0. The maximum Gasteiger partial charge on any atom is 0.0970 e. The molecular weight excluding hydrogens is 488 g/mol. The lowest BCUT2D eigenvalue weighted by atomic mass is 9.95. The molecule has 0 amide bonds. The molecule has 4 aromatic carbocycles. The summed E-state index contributed by atoms with van der Waals surface area (Å²) >= 11 is 0. The van der Waals surface area contributed by atoms with Gasteiger partial charge in [-0.25, -0.2) is 0 Å². The van der Waals surface area contributed by atoms with Gasteiger partial charge in [0.15, 0.2) is 0 Å². The Bertz CT molecular complexity index is 2200. The third-order valence-electron chi connectivity index (χ3n) is 7.63. The van der Waals surface area contributed by atoms with Crippen LogP contribution >= 0.6 is 0 Å². The normalized spacial score (nSPS) is 11.5. The lowest BCUT2D eigenvalue weighted by Crippen LogP contribution is -1.89. The predicted octanol–water partition coefficient (Wildman–Crippen LogP) is 8.88. The Morgan fingerprint density at radius 3 is 1.57 bits per heavy atom. The van der Waals surface area contributed by atoms with Gasteiger partial charge in [0.1, 0.15) is 0 Å². The first-order valence-electron chi connectivity index (χ1n) is 13.3. The summed E-state index contributed by atoms with van der Waals surface area (Å²) in [6, 6.07) is 38.3. The Hall–Kier alpha value is -5.48. The van der Waals surface area contributed by atoms with Crippen molar-refractivity contribution < 1.29 is 0 Å². The van der Waals surface area contributed by atoms with Crippen LogP contribution in [0.3, 0.4) is 0 Å². The summed E-state index contributed by atoms with van der Waals surface area (Å²) < 4.78 is 0. The zero-order valence-corrected chi connectivity index (χ0v) is 21.5. The quantitative estimate of drug-likeness (QED) is 0.223. The van der Waals surface area contributed by atoms with Gasteiger partial charge in [-0.05, 0) is 58.1 Å². The monoisotopic (exact) mass is 510 g/mol. The van der Waals surface area contributed by atoms with Crippen LogP contribution in [-0.4, -0.2) is 19.9 Å². The summed E-state index contributed by atoms with van der Waals surface area (Å²) in [6.45, 7) is 0. The summed E-state index contributed by atoms with van der Waals surface area (Å²) in [5.41, 5.74) is 10.6. The van der Waals surface area contributed by atoms with Crippen LogP contribution in [0.4, 0.5) is 0 Å². The average Bonchev–Trinajstić information content (AvgIpc) is 3.04. The Balaban J connectivity index is 1.12. The molecule has 0 bridgehead atoms. The van der Waals surface area contributed by atoms with Crippen LogP contribution in [-0.2, 0) is 0 Å². The molecule has 0 aliphatic carbocycles. The zero-order chi connectivity index (χ0) is 26.5. The van der Waals surface area contributed by atoms with Crippen molar-refractivity contribution in [1.29, 1.82) is 0 Å². The number of aromatic nitrogens is 4. The maximum absolute atomic E-state index is 4.77. The molecule has 4 nitrogen and oxygen atoms in total. The SMILES string of the molecule is c1cnc2c(c1)ccc1cc(-c3ccc(-c4ccc(-c5cc6cccnc6c6ncccc56)cc4)cc3)cnc12. The van der Waals surface area contributed by atoms with E-state index in [0.29, 0.717) is 0 Å². The maximum atomic E-state index is 4.77. The summed E-state index contributed by atoms with van der Waals surface area (Å²) in [6.07, 6.45) is 7.42. The standard InChI is InChI=1S/C36H22N4/c1-4-27-15-16-29-20-30(22-40-34(29)33(27)37-17-1)25-9-7-23(8-10-25)24-11-13-26(14-12-24)32-21-28-5-2-18-38-35(28)36-31(32)6-3-19-39-36/h1-22H. The van der Waals surface area contributed by atoms with E-state index < -0.39 is 0 Å². The van der Waals surface area contributed by atoms with Gasteiger partial charge in [-0.3, -0.25) is 19.9 Å². The van der Waals surface area contributed by atoms with Gasteiger partial charge in [0.25, 0.3) is 0 Å². The Morgan fingerprint density at radius 2 is 0.850 bits per heavy atom. The van der Waals surface area contributed by atoms with Gasteiger partial charge >= 0.3 is 0 Å². The number of pyridine rings is 4. The molecular formula is C36H22N4. The molecule has 40 heavy (non-hydrogen) atoms. The van der Waals surface area contributed by atoms with E-state index in [-0.39, 0.29) is 0 Å². The molecule has 0 aliphatic heterocycles. The van der Waals surface area contributed by atoms with E-state index in [0.717, 1.165) is 65.9 Å². The van der Waals surface area contributed by atoms with Crippen molar-refractivity contribution in [2.45, 2.75) is 0 Å². The number of nitrogens with zero attached hydrogens (tertiary/aromatic N) is 4. The van der Waals surface area contributed by atoms with E-state index in [9.17, 15) is 0 Å². The van der Waals surface area contributed by atoms with Crippen molar-refractivity contribution in [2.75, 3.05) is 0 Å². The average molecular weight is 511 g/mol. The summed E-state index contributed by atoms with van der Waals surface area (Å²) in [5, 5.41) is 4.40. The van der Waals surface area contributed by atoms with Gasteiger partial charge < -0.3 is 0 Å². The second-order valence-corrected chi connectivity index (χ2v) is 9.99. The van der Waals surface area contributed by atoms with Crippen molar-refractivity contribution in [3.8, 4) is 33.4 Å². The predicted molar refractivity (Wildman–Crippen MR) is 164 cm³/mol. The van der Waals surface area contributed by atoms with Crippen molar-refractivity contribution >= 4 is 43.6 Å². The molecule has 0 spiro atoms. The highest BCUT2D eigenvalue weighted by atomic mass is 14.7. The van der Waals surface area contributed by atoms with Crippen molar-refractivity contribution in [3.63, 3.8) is 0 Å². The van der Waals surface area contributed by atoms with Crippen LogP contribution in [0.2, 0.25) is 0 Å². The highest BCUT2D eigenvalue weighted by Gasteiger charge is 2.11. The topological polar surface area (TPSA) is 51.6 Å². The zero-order valence-electron chi connectivity index (χ0n) is 21.5. The van der Waals surface area contributed by atoms with Gasteiger partial charge in [-0.1, -0.05) is 78.9 Å². The molecule has 0 atom stereocenters. The first-order chi connectivity index (χ1) is 19.8. The summed E-state index contributed by atoms with van der Waals surface area (Å²) in [4.78, 5) is 18.6. The third kappa shape index (κ3) is 3.69. The Morgan fingerprint density at radius 1 is 0.350 bits per heavy atom. The van der Waals surface area contributed by atoms with Crippen LogP contribution in [0, 0.1) is 0 Å². The molecule has 8 aromatic rings. The largest absolute Gasteiger partial charge is 0.254 e. The fourth-order valence-corrected chi connectivity index (χ4v) is 5.61. The second-order valence-electron chi connectivity index (χ2n) is 9.99. The van der Waals surface area contributed by atoms with Gasteiger partial charge in [0.2, 0.25) is 0 Å². The number of fused-ring (bicyclic) bond motifs is 6. The van der Waals surface area contributed by atoms with Crippen LogP contribution in [0.25, 0.3) is 77.0 Å². The number of hydrogen-bond donors (Lipinski definition) is 0. The number of benzene rings is 4. The molecule has 0 aliphatic rings. The van der Waals surface area contributed by atoms with Gasteiger partial charge in [0, 0.05) is 51.9 Å². The fourth-order valence-electron chi connectivity index (χ4n) is 5.61. The number of hydrogen-bond acceptors (Lipinski definition) is 4. The summed E-state index contributed by atoms with van der Waals surface area (Å²) in [7, 11) is 0. The molecule has 4 heterocycles. The van der Waals surface area contributed by atoms with E-state index in [1.165, 1.54) is 11.1 Å². The highest BCUT2D eigenvalue weighted by Crippen LogP contribution is 2.34. The Labute approximate surface area is 230 Å². The molecule has 0 unspecified atom stereocenters.